The number of nitrogens with one attached hydrogen (secondary N) is 1. The largest absolute Gasteiger partial charge is 0.493 e. The Hall–Kier alpha value is -3.00. The number of methoxy groups -OCH3 is 2. The number of hydrogen-bond acceptors (Lipinski definition) is 6. The van der Waals surface area contributed by atoms with Crippen LogP contribution in [0, 0.1) is 6.92 Å². The highest BCUT2D eigenvalue weighted by atomic mass is 32.2. The minimum Gasteiger partial charge on any atom is -0.493 e. The number of ether oxygens (including phenoxy) is 2. The molecule has 0 radical (unpaired) electrons. The lowest BCUT2D eigenvalue weighted by Gasteiger charge is -2.26. The van der Waals surface area contributed by atoms with E-state index in [-0.39, 0.29) is 11.2 Å². The fourth-order valence-electron chi connectivity index (χ4n) is 4.36. The molecular formula is C26H32N4O3S. The molecule has 0 aliphatic heterocycles. The van der Waals surface area contributed by atoms with Crippen LogP contribution in [0.5, 0.6) is 11.5 Å². The zero-order valence-electron chi connectivity index (χ0n) is 20.2. The van der Waals surface area contributed by atoms with Gasteiger partial charge in [-0.2, -0.15) is 0 Å². The fourth-order valence-corrected chi connectivity index (χ4v) is 5.28. The summed E-state index contributed by atoms with van der Waals surface area (Å²) < 4.78 is 13.1. The molecule has 34 heavy (non-hydrogen) atoms. The van der Waals surface area contributed by atoms with Crippen molar-refractivity contribution in [2.24, 2.45) is 0 Å². The van der Waals surface area contributed by atoms with Crippen LogP contribution in [0.15, 0.2) is 47.6 Å². The van der Waals surface area contributed by atoms with Crippen LogP contribution < -0.4 is 14.8 Å². The van der Waals surface area contributed by atoms with Gasteiger partial charge in [-0.1, -0.05) is 49.2 Å². The number of amides is 1. The first-order valence-electron chi connectivity index (χ1n) is 11.7. The highest BCUT2D eigenvalue weighted by molar-refractivity contribution is 8.00. The average Bonchev–Trinajstić information content (AvgIpc) is 3.28. The van der Waals surface area contributed by atoms with Crippen molar-refractivity contribution in [1.29, 1.82) is 0 Å². The first kappa shape index (κ1) is 24.1. The standard InChI is InChI=1S/C26H32N4O3S/c1-17-10-8-9-13-21(17)27-25(31)18(2)34-26-29-28-24(30(26)20-11-6-5-7-12-20)19-14-15-22(32-3)23(16-19)33-4/h8-10,13-16,18,20H,5-7,11-12H2,1-4H3,(H,27,31). The van der Waals surface area contributed by atoms with Crippen molar-refractivity contribution in [2.75, 3.05) is 19.5 Å². The van der Waals surface area contributed by atoms with E-state index in [4.69, 9.17) is 9.47 Å². The van der Waals surface area contributed by atoms with Crippen LogP contribution in [0.25, 0.3) is 11.4 Å². The summed E-state index contributed by atoms with van der Waals surface area (Å²) in [6, 6.07) is 13.9. The van der Waals surface area contributed by atoms with Gasteiger partial charge in [-0.15, -0.1) is 10.2 Å². The van der Waals surface area contributed by atoms with Crippen molar-refractivity contribution in [2.45, 2.75) is 62.4 Å². The Morgan fingerprint density at radius 2 is 1.79 bits per heavy atom. The minimum atomic E-state index is -0.329. The molecule has 1 unspecified atom stereocenters. The van der Waals surface area contributed by atoms with Gasteiger partial charge < -0.3 is 14.8 Å². The number of rotatable bonds is 8. The fraction of sp³-hybridized carbons (Fsp3) is 0.423. The van der Waals surface area contributed by atoms with Crippen molar-refractivity contribution in [3.8, 4) is 22.9 Å². The van der Waals surface area contributed by atoms with Gasteiger partial charge in [0.05, 0.1) is 19.5 Å². The van der Waals surface area contributed by atoms with E-state index in [1.165, 1.54) is 31.0 Å². The van der Waals surface area contributed by atoms with Crippen LogP contribution in [0.2, 0.25) is 0 Å². The molecule has 1 amide bonds. The lowest BCUT2D eigenvalue weighted by atomic mass is 9.95. The van der Waals surface area contributed by atoms with Crippen molar-refractivity contribution in [3.63, 3.8) is 0 Å². The number of thioether (sulfide) groups is 1. The van der Waals surface area contributed by atoms with E-state index in [1.54, 1.807) is 14.2 Å². The molecule has 4 rings (SSSR count). The van der Waals surface area contributed by atoms with E-state index in [0.29, 0.717) is 17.5 Å². The zero-order chi connectivity index (χ0) is 24.1. The molecule has 1 aliphatic rings. The van der Waals surface area contributed by atoms with Gasteiger partial charge in [0.2, 0.25) is 5.91 Å². The van der Waals surface area contributed by atoms with Crippen molar-refractivity contribution in [1.82, 2.24) is 14.8 Å². The van der Waals surface area contributed by atoms with Crippen LogP contribution >= 0.6 is 11.8 Å². The number of aromatic nitrogens is 3. The molecule has 3 aromatic rings. The Balaban J connectivity index is 1.63. The molecule has 1 aromatic heterocycles. The molecule has 2 aromatic carbocycles. The van der Waals surface area contributed by atoms with Crippen LogP contribution in [-0.4, -0.2) is 40.1 Å². The summed E-state index contributed by atoms with van der Waals surface area (Å²) in [5.41, 5.74) is 2.79. The van der Waals surface area contributed by atoms with Gasteiger partial charge >= 0.3 is 0 Å². The number of nitrogens with zero attached hydrogens (tertiary/aromatic N) is 3. The number of para-hydroxylation sites is 1. The quantitative estimate of drug-likeness (QED) is 0.405. The number of hydrogen-bond donors (Lipinski definition) is 1. The summed E-state index contributed by atoms with van der Waals surface area (Å²) in [6.07, 6.45) is 5.77. The highest BCUT2D eigenvalue weighted by Gasteiger charge is 2.27. The van der Waals surface area contributed by atoms with Crippen LogP contribution in [0.4, 0.5) is 5.69 Å². The third kappa shape index (κ3) is 5.22. The highest BCUT2D eigenvalue weighted by Crippen LogP contribution is 2.38. The maximum atomic E-state index is 13.0. The Bertz CT molecular complexity index is 1140. The predicted octanol–water partition coefficient (Wildman–Crippen LogP) is 5.90. The third-order valence-electron chi connectivity index (χ3n) is 6.30. The number of carbonyl (C=O) groups excluding carboxylic acids is 1. The van der Waals surface area contributed by atoms with Gasteiger partial charge in [-0.05, 0) is 56.5 Å². The minimum absolute atomic E-state index is 0.0508. The average molecular weight is 481 g/mol. The predicted molar refractivity (Wildman–Crippen MR) is 136 cm³/mol. The van der Waals surface area contributed by atoms with Gasteiger partial charge in [0.1, 0.15) is 0 Å². The molecule has 1 saturated carbocycles. The van der Waals surface area contributed by atoms with E-state index in [2.05, 4.69) is 20.1 Å². The van der Waals surface area contributed by atoms with Crippen molar-refractivity contribution in [3.05, 3.63) is 48.0 Å². The first-order chi connectivity index (χ1) is 16.5. The lowest BCUT2D eigenvalue weighted by molar-refractivity contribution is -0.115. The lowest BCUT2D eigenvalue weighted by Crippen LogP contribution is -2.24. The molecule has 0 bridgehead atoms. The molecule has 8 heteroatoms. The van der Waals surface area contributed by atoms with Crippen LogP contribution in [0.1, 0.15) is 50.6 Å². The zero-order valence-corrected chi connectivity index (χ0v) is 21.0. The van der Waals surface area contributed by atoms with Gasteiger partial charge in [0, 0.05) is 17.3 Å². The van der Waals surface area contributed by atoms with E-state index in [9.17, 15) is 4.79 Å². The number of anilines is 1. The van der Waals surface area contributed by atoms with E-state index in [0.717, 1.165) is 40.6 Å². The molecule has 0 saturated heterocycles. The summed E-state index contributed by atoms with van der Waals surface area (Å²) in [6.45, 7) is 3.90. The van der Waals surface area contributed by atoms with Gasteiger partial charge in [-0.3, -0.25) is 9.36 Å². The number of benzene rings is 2. The maximum absolute atomic E-state index is 13.0. The summed E-state index contributed by atoms with van der Waals surface area (Å²) in [5, 5.41) is 12.6. The Kier molecular flexibility index (Phi) is 7.77. The van der Waals surface area contributed by atoms with E-state index >= 15 is 0 Å². The number of carbonyl (C=O) groups is 1. The molecule has 1 atom stereocenters. The van der Waals surface area contributed by atoms with Gasteiger partial charge in [-0.25, -0.2) is 0 Å². The summed E-state index contributed by atoms with van der Waals surface area (Å²) >= 11 is 1.45. The summed E-state index contributed by atoms with van der Waals surface area (Å²) in [7, 11) is 3.25. The Morgan fingerprint density at radius 3 is 2.50 bits per heavy atom. The molecule has 1 fully saturated rings. The Labute approximate surface area is 205 Å². The van der Waals surface area contributed by atoms with E-state index in [1.807, 2.05) is 56.3 Å². The molecule has 180 valence electrons. The van der Waals surface area contributed by atoms with Gasteiger partial charge in [0.25, 0.3) is 0 Å². The monoisotopic (exact) mass is 480 g/mol. The Morgan fingerprint density at radius 1 is 1.06 bits per heavy atom. The SMILES string of the molecule is COc1ccc(-c2nnc(SC(C)C(=O)Nc3ccccc3C)n2C2CCCCC2)cc1OC. The summed E-state index contributed by atoms with van der Waals surface area (Å²) in [5.74, 6) is 2.07. The van der Waals surface area contributed by atoms with Crippen molar-refractivity contribution < 1.29 is 14.3 Å². The molecule has 1 heterocycles. The third-order valence-corrected chi connectivity index (χ3v) is 7.36. The van der Waals surface area contributed by atoms with E-state index < -0.39 is 0 Å². The molecule has 0 spiro atoms. The van der Waals surface area contributed by atoms with Crippen LogP contribution in [0.3, 0.4) is 0 Å². The van der Waals surface area contributed by atoms with Crippen molar-refractivity contribution >= 4 is 23.4 Å². The number of aryl methyl sites for hydroxylation is 1. The second kappa shape index (κ2) is 11.0. The van der Waals surface area contributed by atoms with Gasteiger partial charge in [0.15, 0.2) is 22.5 Å². The smallest absolute Gasteiger partial charge is 0.237 e. The molecule has 1 aliphatic carbocycles. The molecule has 1 N–H and O–H groups in total. The topological polar surface area (TPSA) is 78.3 Å². The normalized spacial score (nSPS) is 15.1. The second-order valence-electron chi connectivity index (χ2n) is 8.60. The summed E-state index contributed by atoms with van der Waals surface area (Å²) in [4.78, 5) is 13.0. The maximum Gasteiger partial charge on any atom is 0.237 e. The molecule has 7 nitrogen and oxygen atoms in total. The van der Waals surface area contributed by atoms with Crippen LogP contribution in [-0.2, 0) is 4.79 Å². The first-order valence-corrected chi connectivity index (χ1v) is 12.6. The second-order valence-corrected chi connectivity index (χ2v) is 9.91. The molecular weight excluding hydrogens is 448 g/mol.